The van der Waals surface area contributed by atoms with E-state index in [1.54, 1.807) is 4.68 Å². The van der Waals surface area contributed by atoms with Crippen molar-refractivity contribution >= 4 is 17.7 Å². The van der Waals surface area contributed by atoms with Crippen molar-refractivity contribution < 1.29 is 14.3 Å². The molecule has 8 nitrogen and oxygen atoms in total. The van der Waals surface area contributed by atoms with E-state index in [0.29, 0.717) is 24.1 Å². The lowest BCUT2D eigenvalue weighted by Crippen LogP contribution is -2.41. The Morgan fingerprint density at radius 1 is 1.21 bits per heavy atom. The van der Waals surface area contributed by atoms with Crippen LogP contribution in [0.5, 0.6) is 11.5 Å². The molecule has 1 aromatic heterocycles. The Bertz CT molecular complexity index is 960. The van der Waals surface area contributed by atoms with Gasteiger partial charge < -0.3 is 14.8 Å². The molecule has 1 amide bonds. The van der Waals surface area contributed by atoms with Gasteiger partial charge in [0.2, 0.25) is 11.1 Å². The summed E-state index contributed by atoms with van der Waals surface area (Å²) < 4.78 is 13.1. The number of carbonyl (C=O) groups is 1. The molecule has 0 fully saturated rings. The molecular weight excluding hydrogens is 378 g/mol. The van der Waals surface area contributed by atoms with Gasteiger partial charge in [0.05, 0.1) is 18.0 Å². The normalized spacial score (nSPS) is 15.2. The third-order valence-electron chi connectivity index (χ3n) is 4.15. The number of hydrogen-bond donors (Lipinski definition) is 1. The molecule has 0 radical (unpaired) electrons. The Balaban J connectivity index is 1.28. The van der Waals surface area contributed by atoms with E-state index in [1.165, 1.54) is 11.8 Å². The van der Waals surface area contributed by atoms with E-state index in [2.05, 4.69) is 20.8 Å². The summed E-state index contributed by atoms with van der Waals surface area (Å²) in [6.45, 7) is 2.79. The predicted octanol–water partition coefficient (Wildman–Crippen LogP) is 2.02. The van der Waals surface area contributed by atoms with E-state index in [-0.39, 0.29) is 17.8 Å². The number of aromatic nitrogens is 4. The highest BCUT2D eigenvalue weighted by Gasteiger charge is 2.21. The molecule has 9 heteroatoms. The average Bonchev–Trinajstić information content (AvgIpc) is 3.20. The SMILES string of the molecule is Cc1ccc(-n2nnnc2SCC(=O)NC[C@@H]2COc3ccccc3O2)cc1. The van der Waals surface area contributed by atoms with Crippen LogP contribution < -0.4 is 14.8 Å². The topological polar surface area (TPSA) is 91.2 Å². The molecule has 0 unspecified atom stereocenters. The molecule has 28 heavy (non-hydrogen) atoms. The molecule has 3 aromatic rings. The minimum absolute atomic E-state index is 0.120. The number of benzene rings is 2. The fourth-order valence-corrected chi connectivity index (χ4v) is 3.41. The molecule has 2 heterocycles. The fourth-order valence-electron chi connectivity index (χ4n) is 2.69. The summed E-state index contributed by atoms with van der Waals surface area (Å²) in [6, 6.07) is 15.3. The van der Waals surface area contributed by atoms with Gasteiger partial charge in [-0.2, -0.15) is 4.68 Å². The van der Waals surface area contributed by atoms with E-state index in [0.717, 1.165) is 17.0 Å². The van der Waals surface area contributed by atoms with Gasteiger partial charge in [-0.15, -0.1) is 5.10 Å². The number of ether oxygens (including phenoxy) is 2. The third kappa shape index (κ3) is 4.25. The highest BCUT2D eigenvalue weighted by atomic mass is 32.2. The quantitative estimate of drug-likeness (QED) is 0.636. The number of thioether (sulfide) groups is 1. The maximum atomic E-state index is 12.2. The molecule has 1 N–H and O–H groups in total. The number of rotatable bonds is 6. The molecule has 2 aromatic carbocycles. The monoisotopic (exact) mass is 397 g/mol. The third-order valence-corrected chi connectivity index (χ3v) is 5.07. The van der Waals surface area contributed by atoms with Crippen molar-refractivity contribution in [2.24, 2.45) is 0 Å². The molecule has 144 valence electrons. The predicted molar refractivity (Wildman–Crippen MR) is 104 cm³/mol. The van der Waals surface area contributed by atoms with Crippen molar-refractivity contribution in [1.29, 1.82) is 0 Å². The molecule has 1 atom stereocenters. The van der Waals surface area contributed by atoms with Crippen molar-refractivity contribution in [3.8, 4) is 17.2 Å². The van der Waals surface area contributed by atoms with Gasteiger partial charge in [-0.05, 0) is 41.6 Å². The Hall–Kier alpha value is -3.07. The van der Waals surface area contributed by atoms with Crippen LogP contribution in [0.15, 0.2) is 53.7 Å². The first kappa shape index (κ1) is 18.3. The van der Waals surface area contributed by atoms with Crippen LogP contribution in [0.2, 0.25) is 0 Å². The van der Waals surface area contributed by atoms with Gasteiger partial charge in [0.1, 0.15) is 12.7 Å². The Labute approximate surface area is 166 Å². The van der Waals surface area contributed by atoms with Crippen molar-refractivity contribution in [2.75, 3.05) is 18.9 Å². The van der Waals surface area contributed by atoms with Crippen LogP contribution in [0.25, 0.3) is 5.69 Å². The summed E-state index contributed by atoms with van der Waals surface area (Å²) in [6.07, 6.45) is -0.221. The Morgan fingerprint density at radius 3 is 2.82 bits per heavy atom. The van der Waals surface area contributed by atoms with Crippen LogP contribution in [0.3, 0.4) is 0 Å². The Morgan fingerprint density at radius 2 is 2.00 bits per heavy atom. The maximum absolute atomic E-state index is 12.2. The second kappa shape index (κ2) is 8.30. The average molecular weight is 397 g/mol. The molecule has 0 bridgehead atoms. The summed E-state index contributed by atoms with van der Waals surface area (Å²) in [5, 5.41) is 15.1. The number of para-hydroxylation sites is 2. The van der Waals surface area contributed by atoms with Crippen LogP contribution in [-0.2, 0) is 4.79 Å². The first-order chi connectivity index (χ1) is 13.7. The highest BCUT2D eigenvalue weighted by Crippen LogP contribution is 2.30. The number of nitrogens with zero attached hydrogens (tertiary/aromatic N) is 4. The highest BCUT2D eigenvalue weighted by molar-refractivity contribution is 7.99. The van der Waals surface area contributed by atoms with Crippen molar-refractivity contribution in [3.05, 3.63) is 54.1 Å². The maximum Gasteiger partial charge on any atom is 0.230 e. The lowest BCUT2D eigenvalue weighted by Gasteiger charge is -2.26. The summed E-state index contributed by atoms with van der Waals surface area (Å²) in [5.74, 6) is 1.50. The Kier molecular flexibility index (Phi) is 5.43. The van der Waals surface area contributed by atoms with Crippen LogP contribution >= 0.6 is 11.8 Å². The van der Waals surface area contributed by atoms with Gasteiger partial charge >= 0.3 is 0 Å². The largest absolute Gasteiger partial charge is 0.486 e. The minimum atomic E-state index is -0.221. The van der Waals surface area contributed by atoms with E-state index in [4.69, 9.17) is 9.47 Å². The number of amides is 1. The van der Waals surface area contributed by atoms with E-state index in [9.17, 15) is 4.79 Å². The van der Waals surface area contributed by atoms with Crippen molar-refractivity contribution in [1.82, 2.24) is 25.5 Å². The number of hydrogen-bond acceptors (Lipinski definition) is 7. The zero-order valence-corrected chi connectivity index (χ0v) is 16.1. The summed E-state index contributed by atoms with van der Waals surface area (Å²) in [7, 11) is 0. The number of nitrogens with one attached hydrogen (secondary N) is 1. The zero-order valence-electron chi connectivity index (χ0n) is 15.2. The first-order valence-corrected chi connectivity index (χ1v) is 9.81. The molecular formula is C19H19N5O3S. The van der Waals surface area contributed by atoms with Crippen LogP contribution in [0.4, 0.5) is 0 Å². The molecule has 0 spiro atoms. The smallest absolute Gasteiger partial charge is 0.230 e. The number of tetrazole rings is 1. The zero-order chi connectivity index (χ0) is 19.3. The molecule has 1 aliphatic rings. The summed E-state index contributed by atoms with van der Waals surface area (Å²) >= 11 is 1.28. The van der Waals surface area contributed by atoms with Gasteiger partial charge in [0.25, 0.3) is 0 Å². The van der Waals surface area contributed by atoms with E-state index < -0.39 is 0 Å². The van der Waals surface area contributed by atoms with E-state index in [1.807, 2.05) is 55.5 Å². The first-order valence-electron chi connectivity index (χ1n) is 8.82. The fraction of sp³-hybridized carbons (Fsp3) is 0.263. The molecule has 1 aliphatic heterocycles. The lowest BCUT2D eigenvalue weighted by atomic mass is 10.2. The van der Waals surface area contributed by atoms with Gasteiger partial charge in [-0.3, -0.25) is 4.79 Å². The van der Waals surface area contributed by atoms with Gasteiger partial charge in [0, 0.05) is 0 Å². The van der Waals surface area contributed by atoms with Crippen LogP contribution in [0.1, 0.15) is 5.56 Å². The minimum Gasteiger partial charge on any atom is -0.486 e. The molecule has 4 rings (SSSR count). The van der Waals surface area contributed by atoms with Gasteiger partial charge in [-0.1, -0.05) is 41.6 Å². The van der Waals surface area contributed by atoms with Gasteiger partial charge in [-0.25, -0.2) is 0 Å². The molecule has 0 aliphatic carbocycles. The van der Waals surface area contributed by atoms with Gasteiger partial charge in [0.15, 0.2) is 11.5 Å². The van der Waals surface area contributed by atoms with Crippen molar-refractivity contribution in [3.63, 3.8) is 0 Å². The van der Waals surface area contributed by atoms with E-state index >= 15 is 0 Å². The number of carbonyl (C=O) groups excluding carboxylic acids is 1. The molecule has 0 saturated carbocycles. The standard InChI is InChI=1S/C19H19N5O3S/c1-13-6-8-14(9-7-13)24-19(21-22-23-24)28-12-18(25)20-10-15-11-26-16-4-2-3-5-17(16)27-15/h2-9,15H,10-12H2,1H3,(H,20,25)/t15-/m1/s1. The van der Waals surface area contributed by atoms with Crippen molar-refractivity contribution in [2.45, 2.75) is 18.2 Å². The summed E-state index contributed by atoms with van der Waals surface area (Å²) in [4.78, 5) is 12.2. The number of fused-ring (bicyclic) bond motifs is 1. The van der Waals surface area contributed by atoms with Crippen LogP contribution in [0, 0.1) is 6.92 Å². The summed E-state index contributed by atoms with van der Waals surface area (Å²) in [5.41, 5.74) is 2.01. The number of aryl methyl sites for hydroxylation is 1. The second-order valence-electron chi connectivity index (χ2n) is 6.30. The molecule has 0 saturated heterocycles. The van der Waals surface area contributed by atoms with Crippen LogP contribution in [-0.4, -0.2) is 51.1 Å². The lowest BCUT2D eigenvalue weighted by molar-refractivity contribution is -0.119. The second-order valence-corrected chi connectivity index (χ2v) is 7.24.